The fourth-order valence-corrected chi connectivity index (χ4v) is 2.75. The van der Waals surface area contributed by atoms with Gasteiger partial charge in [-0.15, -0.1) is 0 Å². The van der Waals surface area contributed by atoms with Gasteiger partial charge in [-0.2, -0.15) is 0 Å². The van der Waals surface area contributed by atoms with E-state index < -0.39 is 0 Å². The second-order valence-electron chi connectivity index (χ2n) is 4.37. The van der Waals surface area contributed by atoms with Crippen molar-refractivity contribution < 1.29 is 9.47 Å². The van der Waals surface area contributed by atoms with E-state index in [9.17, 15) is 0 Å². The Balaban J connectivity index is 2.15. The van der Waals surface area contributed by atoms with Gasteiger partial charge in [0.25, 0.3) is 0 Å². The molecule has 2 aromatic rings. The van der Waals surface area contributed by atoms with E-state index in [0.717, 1.165) is 33.7 Å². The van der Waals surface area contributed by atoms with Gasteiger partial charge in [-0.25, -0.2) is 4.98 Å². The molecule has 1 aliphatic rings. The van der Waals surface area contributed by atoms with Crippen molar-refractivity contribution in [1.82, 2.24) is 9.55 Å². The molecule has 1 aromatic heterocycles. The van der Waals surface area contributed by atoms with Crippen molar-refractivity contribution >= 4 is 21.7 Å². The Morgan fingerprint density at radius 2 is 2.21 bits per heavy atom. The molecule has 0 saturated heterocycles. The minimum absolute atomic E-state index is 0.245. The molecule has 1 aliphatic heterocycles. The van der Waals surface area contributed by atoms with Gasteiger partial charge in [0.2, 0.25) is 6.79 Å². The average molecular weight is 324 g/mol. The van der Waals surface area contributed by atoms with Gasteiger partial charge >= 0.3 is 0 Å². The molecule has 0 bridgehead atoms. The summed E-state index contributed by atoms with van der Waals surface area (Å²) in [5.74, 6) is 3.06. The quantitative estimate of drug-likeness (QED) is 0.923. The molecular weight excluding hydrogens is 310 g/mol. The third kappa shape index (κ3) is 1.87. The molecule has 0 unspecified atom stereocenters. The lowest BCUT2D eigenvalue weighted by Gasteiger charge is -2.04. The number of aromatic nitrogens is 2. The zero-order valence-electron chi connectivity index (χ0n) is 10.7. The summed E-state index contributed by atoms with van der Waals surface area (Å²) in [5.41, 5.74) is 7.82. The van der Waals surface area contributed by atoms with Crippen molar-refractivity contribution in [2.45, 2.75) is 13.3 Å². The predicted octanol–water partition coefficient (Wildman–Crippen LogP) is 2.72. The van der Waals surface area contributed by atoms with Crippen molar-refractivity contribution in [3.8, 4) is 22.8 Å². The largest absolute Gasteiger partial charge is 0.454 e. The molecule has 0 aliphatic carbocycles. The van der Waals surface area contributed by atoms with E-state index in [-0.39, 0.29) is 6.79 Å². The highest BCUT2D eigenvalue weighted by atomic mass is 79.9. The first-order valence-electron chi connectivity index (χ1n) is 6.02. The normalized spacial score (nSPS) is 13.0. The number of hydrogen-bond donors (Lipinski definition) is 1. The summed E-state index contributed by atoms with van der Waals surface area (Å²) >= 11 is 3.48. The monoisotopic (exact) mass is 323 g/mol. The van der Waals surface area contributed by atoms with E-state index in [1.54, 1.807) is 0 Å². The number of halogens is 1. The summed E-state index contributed by atoms with van der Waals surface area (Å²) < 4.78 is 13.5. The van der Waals surface area contributed by atoms with Crippen LogP contribution in [-0.2, 0) is 13.5 Å². The van der Waals surface area contributed by atoms with Crippen LogP contribution in [0.4, 0.5) is 5.82 Å². The Labute approximate surface area is 119 Å². The Kier molecular flexibility index (Phi) is 2.89. The molecule has 5 nitrogen and oxygen atoms in total. The van der Waals surface area contributed by atoms with Crippen LogP contribution in [0.15, 0.2) is 16.6 Å². The highest BCUT2D eigenvalue weighted by molar-refractivity contribution is 9.10. The number of anilines is 1. The molecule has 3 rings (SSSR count). The maximum atomic E-state index is 6.12. The minimum atomic E-state index is 0.245. The number of aryl methyl sites for hydroxylation is 1. The molecule has 19 heavy (non-hydrogen) atoms. The van der Waals surface area contributed by atoms with Crippen LogP contribution in [-0.4, -0.2) is 16.3 Å². The molecule has 100 valence electrons. The lowest BCUT2D eigenvalue weighted by atomic mass is 10.1. The van der Waals surface area contributed by atoms with Gasteiger partial charge < -0.3 is 19.8 Å². The summed E-state index contributed by atoms with van der Waals surface area (Å²) in [7, 11) is 1.92. The van der Waals surface area contributed by atoms with E-state index in [0.29, 0.717) is 11.6 Å². The number of rotatable bonds is 2. The summed E-state index contributed by atoms with van der Waals surface area (Å²) in [6, 6.07) is 3.86. The molecule has 1 aromatic carbocycles. The van der Waals surface area contributed by atoms with E-state index in [4.69, 9.17) is 15.2 Å². The standard InChI is InChI=1S/C13H14BrN3O2/c1-3-10-16-11(13(15)17(10)2)7-4-8(14)12-9(5-7)18-6-19-12/h4-5H,3,6,15H2,1-2H3. The van der Waals surface area contributed by atoms with Gasteiger partial charge in [0.1, 0.15) is 17.3 Å². The SMILES string of the molecule is CCc1nc(-c2cc(Br)c3c(c2)OCO3)c(N)n1C. The highest BCUT2D eigenvalue weighted by Gasteiger charge is 2.21. The first-order valence-corrected chi connectivity index (χ1v) is 6.81. The van der Waals surface area contributed by atoms with E-state index in [1.807, 2.05) is 23.7 Å². The third-order valence-corrected chi connectivity index (χ3v) is 3.84. The van der Waals surface area contributed by atoms with Crippen LogP contribution in [0.2, 0.25) is 0 Å². The number of fused-ring (bicyclic) bond motifs is 1. The van der Waals surface area contributed by atoms with Gasteiger partial charge in [0.05, 0.1) is 4.47 Å². The van der Waals surface area contributed by atoms with Crippen LogP contribution in [0, 0.1) is 0 Å². The number of nitrogens with zero attached hydrogens (tertiary/aromatic N) is 2. The van der Waals surface area contributed by atoms with Crippen molar-refractivity contribution in [1.29, 1.82) is 0 Å². The predicted molar refractivity (Wildman–Crippen MR) is 76.3 cm³/mol. The average Bonchev–Trinajstić information content (AvgIpc) is 2.96. The number of nitrogens with two attached hydrogens (primary N) is 1. The summed E-state index contributed by atoms with van der Waals surface area (Å²) in [5, 5.41) is 0. The van der Waals surface area contributed by atoms with Gasteiger partial charge in [-0.3, -0.25) is 0 Å². The van der Waals surface area contributed by atoms with Crippen LogP contribution in [0.1, 0.15) is 12.7 Å². The van der Waals surface area contributed by atoms with Gasteiger partial charge in [0, 0.05) is 19.0 Å². The van der Waals surface area contributed by atoms with E-state index >= 15 is 0 Å². The Hall–Kier alpha value is -1.69. The zero-order valence-corrected chi connectivity index (χ0v) is 12.3. The smallest absolute Gasteiger partial charge is 0.231 e. The van der Waals surface area contributed by atoms with Crippen molar-refractivity contribution in [2.24, 2.45) is 7.05 Å². The maximum Gasteiger partial charge on any atom is 0.231 e. The number of ether oxygens (including phenoxy) is 2. The highest BCUT2D eigenvalue weighted by Crippen LogP contribution is 2.43. The molecule has 0 atom stereocenters. The van der Waals surface area contributed by atoms with E-state index in [1.165, 1.54) is 0 Å². The summed E-state index contributed by atoms with van der Waals surface area (Å²) in [4.78, 5) is 4.59. The van der Waals surface area contributed by atoms with Crippen LogP contribution in [0.25, 0.3) is 11.3 Å². The molecule has 6 heteroatoms. The first kappa shape index (κ1) is 12.3. The van der Waals surface area contributed by atoms with Crippen LogP contribution < -0.4 is 15.2 Å². The summed E-state index contributed by atoms with van der Waals surface area (Å²) in [6.45, 7) is 2.30. The van der Waals surface area contributed by atoms with Crippen molar-refractivity contribution in [2.75, 3.05) is 12.5 Å². The molecule has 0 radical (unpaired) electrons. The number of benzene rings is 1. The fourth-order valence-electron chi connectivity index (χ4n) is 2.19. The Morgan fingerprint density at radius 1 is 1.42 bits per heavy atom. The molecule has 2 N–H and O–H groups in total. The Morgan fingerprint density at radius 3 is 2.89 bits per heavy atom. The molecular formula is C13H14BrN3O2. The van der Waals surface area contributed by atoms with Gasteiger partial charge in [-0.05, 0) is 28.1 Å². The molecule has 0 amide bonds. The van der Waals surface area contributed by atoms with Crippen LogP contribution in [0.5, 0.6) is 11.5 Å². The number of imidazole rings is 1. The molecule has 0 saturated carbocycles. The second-order valence-corrected chi connectivity index (χ2v) is 5.22. The lowest BCUT2D eigenvalue weighted by Crippen LogP contribution is -2.00. The number of hydrogen-bond acceptors (Lipinski definition) is 4. The van der Waals surface area contributed by atoms with E-state index in [2.05, 4.69) is 27.8 Å². The first-order chi connectivity index (χ1) is 9.11. The van der Waals surface area contributed by atoms with Crippen molar-refractivity contribution in [3.05, 3.63) is 22.4 Å². The Bertz CT molecular complexity index is 652. The van der Waals surface area contributed by atoms with Gasteiger partial charge in [-0.1, -0.05) is 6.92 Å². The summed E-state index contributed by atoms with van der Waals surface area (Å²) in [6.07, 6.45) is 0.840. The molecule has 0 spiro atoms. The lowest BCUT2D eigenvalue weighted by molar-refractivity contribution is 0.173. The number of nitrogen functional groups attached to an aromatic ring is 1. The molecule has 2 heterocycles. The topological polar surface area (TPSA) is 62.3 Å². The third-order valence-electron chi connectivity index (χ3n) is 3.25. The van der Waals surface area contributed by atoms with Gasteiger partial charge in [0.15, 0.2) is 11.5 Å². The van der Waals surface area contributed by atoms with Crippen LogP contribution in [0.3, 0.4) is 0 Å². The molecule has 0 fully saturated rings. The minimum Gasteiger partial charge on any atom is -0.454 e. The fraction of sp³-hybridized carbons (Fsp3) is 0.308. The van der Waals surface area contributed by atoms with Crippen LogP contribution >= 0.6 is 15.9 Å². The second kappa shape index (κ2) is 4.45. The van der Waals surface area contributed by atoms with Crippen molar-refractivity contribution in [3.63, 3.8) is 0 Å². The zero-order chi connectivity index (χ0) is 13.6. The maximum absolute atomic E-state index is 6.12.